The van der Waals surface area contributed by atoms with Crippen LogP contribution in [0.15, 0.2) is 96.0 Å². The van der Waals surface area contributed by atoms with Gasteiger partial charge in [0.25, 0.3) is 10.0 Å². The average molecular weight is 615 g/mol. The molecule has 44 heavy (non-hydrogen) atoms. The van der Waals surface area contributed by atoms with E-state index in [0.29, 0.717) is 16.3 Å². The van der Waals surface area contributed by atoms with Crippen LogP contribution in [0.4, 0.5) is 4.79 Å². The molecule has 0 aliphatic heterocycles. The summed E-state index contributed by atoms with van der Waals surface area (Å²) in [6.45, 7) is 4.88. The van der Waals surface area contributed by atoms with E-state index in [1.165, 1.54) is 29.0 Å². The van der Waals surface area contributed by atoms with E-state index in [0.717, 1.165) is 3.97 Å². The highest BCUT2D eigenvalue weighted by Gasteiger charge is 2.34. The van der Waals surface area contributed by atoms with Crippen LogP contribution in [-0.4, -0.2) is 54.8 Å². The minimum Gasteiger partial charge on any atom is -0.462 e. The van der Waals surface area contributed by atoms with Crippen molar-refractivity contribution in [2.24, 2.45) is 0 Å². The molecule has 11 heteroatoms. The van der Waals surface area contributed by atoms with Crippen molar-refractivity contribution < 1.29 is 37.0 Å². The number of nitrogens with zero attached hydrogens (tertiary/aromatic N) is 2. The second kappa shape index (κ2) is 12.6. The monoisotopic (exact) mass is 614 g/mol. The molecule has 0 fully saturated rings. The van der Waals surface area contributed by atoms with Gasteiger partial charge >= 0.3 is 18.0 Å². The first-order valence-electron chi connectivity index (χ1n) is 14.0. The average Bonchev–Trinajstić information content (AvgIpc) is 3.60. The molecule has 2 aromatic heterocycles. The maximum absolute atomic E-state index is 14.3. The lowest BCUT2D eigenvalue weighted by atomic mass is 9.97. The molecule has 226 valence electrons. The Labute approximate surface area is 254 Å². The van der Waals surface area contributed by atoms with Crippen LogP contribution in [0.25, 0.3) is 33.0 Å². The Kier molecular flexibility index (Phi) is 8.68. The van der Waals surface area contributed by atoms with Crippen LogP contribution in [0.5, 0.6) is 0 Å². The highest BCUT2D eigenvalue weighted by molar-refractivity contribution is 7.90. The summed E-state index contributed by atoms with van der Waals surface area (Å²) in [6.07, 6.45) is 0.684. The fourth-order valence-corrected chi connectivity index (χ4v) is 6.61. The third kappa shape index (κ3) is 5.37. The lowest BCUT2D eigenvalue weighted by molar-refractivity contribution is -0.138. The van der Waals surface area contributed by atoms with E-state index < -0.39 is 28.1 Å². The molecule has 0 N–H and O–H groups in total. The van der Waals surface area contributed by atoms with Gasteiger partial charge in [0, 0.05) is 22.5 Å². The van der Waals surface area contributed by atoms with E-state index in [4.69, 9.17) is 14.2 Å². The molecule has 0 unspecified atom stereocenters. The molecular weight excluding hydrogens is 584 g/mol. The van der Waals surface area contributed by atoms with Gasteiger partial charge < -0.3 is 14.2 Å². The number of hydrogen-bond acceptors (Lipinski definition) is 8. The van der Waals surface area contributed by atoms with Gasteiger partial charge in [-0.1, -0.05) is 54.6 Å². The number of ether oxygens (including phenoxy) is 3. The molecule has 0 bridgehead atoms. The number of fused-ring (bicyclic) bond motifs is 2. The molecule has 0 saturated heterocycles. The number of aromatic nitrogens is 2. The molecular formula is C33H30N2O8S. The van der Waals surface area contributed by atoms with Crippen LogP contribution in [0, 0.1) is 0 Å². The van der Waals surface area contributed by atoms with Crippen LogP contribution in [0.3, 0.4) is 0 Å². The first-order valence-corrected chi connectivity index (χ1v) is 15.5. The van der Waals surface area contributed by atoms with Crippen molar-refractivity contribution >= 4 is 61.0 Å². The van der Waals surface area contributed by atoms with Gasteiger partial charge in [0.2, 0.25) is 0 Å². The number of esters is 2. The van der Waals surface area contributed by atoms with Crippen molar-refractivity contribution in [3.05, 3.63) is 102 Å². The minimum absolute atomic E-state index is 0.0255. The van der Waals surface area contributed by atoms with E-state index >= 15 is 0 Å². The lowest BCUT2D eigenvalue weighted by Gasteiger charge is -2.17. The molecule has 0 amide bonds. The molecule has 5 rings (SSSR count). The minimum atomic E-state index is -4.31. The first kappa shape index (κ1) is 30.3. The Morgan fingerprint density at radius 1 is 0.682 bits per heavy atom. The third-order valence-corrected chi connectivity index (χ3v) is 8.60. The lowest BCUT2D eigenvalue weighted by Crippen LogP contribution is -2.21. The number of para-hydroxylation sites is 2. The van der Waals surface area contributed by atoms with E-state index in [2.05, 4.69) is 0 Å². The molecule has 0 aliphatic carbocycles. The van der Waals surface area contributed by atoms with Gasteiger partial charge in [0.15, 0.2) is 0 Å². The van der Waals surface area contributed by atoms with Crippen LogP contribution < -0.4 is 0 Å². The predicted octanol–water partition coefficient (Wildman–Crippen LogP) is 5.87. The van der Waals surface area contributed by atoms with Crippen molar-refractivity contribution in [2.75, 3.05) is 19.8 Å². The highest BCUT2D eigenvalue weighted by atomic mass is 32.2. The first-order chi connectivity index (χ1) is 21.2. The standard InChI is InChI=1S/C33H30N2O8S/c1-4-41-31(36)29(25-21-34(33(38)43-6-3)27-19-13-11-17-24(25)27)30(32(37)42-5-2)28-20-22-14-10-12-18-26(22)35(28)44(39,40)23-15-8-7-9-16-23/h7-21H,4-6H2,1-3H3/b30-29+. The Balaban J connectivity index is 1.96. The zero-order valence-corrected chi connectivity index (χ0v) is 25.2. The SMILES string of the molecule is CCOC(=O)/C(=C(/C(=O)OCC)c1cc2ccccc2n1S(=O)(=O)c1ccccc1)c1cn(C(=O)OCC)c2ccccc12. The molecule has 5 aromatic rings. The number of hydrogen-bond donors (Lipinski definition) is 0. The summed E-state index contributed by atoms with van der Waals surface area (Å²) in [5, 5.41) is 0.931. The summed E-state index contributed by atoms with van der Waals surface area (Å²) in [7, 11) is -4.31. The second-order valence-electron chi connectivity index (χ2n) is 9.49. The Morgan fingerprint density at radius 3 is 1.91 bits per heavy atom. The fraction of sp³-hybridized carbons (Fsp3) is 0.182. The zero-order valence-electron chi connectivity index (χ0n) is 24.4. The van der Waals surface area contributed by atoms with Crippen molar-refractivity contribution in [3.8, 4) is 0 Å². The Hall–Kier alpha value is -5.16. The number of carbonyl (C=O) groups is 3. The van der Waals surface area contributed by atoms with Gasteiger partial charge in [-0.25, -0.2) is 26.8 Å². The summed E-state index contributed by atoms with van der Waals surface area (Å²) >= 11 is 0. The van der Waals surface area contributed by atoms with E-state index in [9.17, 15) is 22.8 Å². The van der Waals surface area contributed by atoms with Crippen molar-refractivity contribution in [1.29, 1.82) is 0 Å². The molecule has 2 heterocycles. The van der Waals surface area contributed by atoms with Gasteiger partial charge in [-0.05, 0) is 51.1 Å². The smallest absolute Gasteiger partial charge is 0.418 e. The molecule has 10 nitrogen and oxygen atoms in total. The van der Waals surface area contributed by atoms with Gasteiger partial charge in [0.1, 0.15) is 0 Å². The fourth-order valence-electron chi connectivity index (χ4n) is 5.07. The number of carbonyl (C=O) groups excluding carboxylic acids is 3. The van der Waals surface area contributed by atoms with Crippen LogP contribution in [0.2, 0.25) is 0 Å². The second-order valence-corrected chi connectivity index (χ2v) is 11.3. The summed E-state index contributed by atoms with van der Waals surface area (Å²) in [4.78, 5) is 40.8. The normalized spacial score (nSPS) is 12.2. The van der Waals surface area contributed by atoms with Crippen molar-refractivity contribution in [3.63, 3.8) is 0 Å². The molecule has 3 aromatic carbocycles. The number of rotatable bonds is 9. The Morgan fingerprint density at radius 2 is 1.25 bits per heavy atom. The van der Waals surface area contributed by atoms with E-state index in [1.807, 2.05) is 0 Å². The summed E-state index contributed by atoms with van der Waals surface area (Å²) in [5.41, 5.74) is 0.131. The van der Waals surface area contributed by atoms with Gasteiger partial charge in [0.05, 0.1) is 52.6 Å². The van der Waals surface area contributed by atoms with Crippen molar-refractivity contribution in [1.82, 2.24) is 8.54 Å². The topological polar surface area (TPSA) is 123 Å². The largest absolute Gasteiger partial charge is 0.462 e. The molecule has 0 radical (unpaired) electrons. The quantitative estimate of drug-likeness (QED) is 0.115. The number of benzene rings is 3. The summed E-state index contributed by atoms with van der Waals surface area (Å²) in [5.74, 6) is -1.85. The van der Waals surface area contributed by atoms with E-state index in [-0.39, 0.29) is 52.6 Å². The van der Waals surface area contributed by atoms with Gasteiger partial charge in [-0.15, -0.1) is 0 Å². The predicted molar refractivity (Wildman–Crippen MR) is 165 cm³/mol. The van der Waals surface area contributed by atoms with Crippen LogP contribution in [0.1, 0.15) is 32.0 Å². The van der Waals surface area contributed by atoms with Crippen LogP contribution in [-0.2, 0) is 33.8 Å². The molecule has 0 aliphatic rings. The Bertz CT molecular complexity index is 2020. The molecule has 0 atom stereocenters. The van der Waals surface area contributed by atoms with E-state index in [1.54, 1.807) is 87.5 Å². The molecule has 0 saturated carbocycles. The summed E-state index contributed by atoms with van der Waals surface area (Å²) in [6, 6.07) is 22.8. The maximum atomic E-state index is 14.3. The van der Waals surface area contributed by atoms with Crippen LogP contribution >= 0.6 is 0 Å². The highest BCUT2D eigenvalue weighted by Crippen LogP contribution is 2.38. The summed E-state index contributed by atoms with van der Waals surface area (Å²) < 4.78 is 46.9. The van der Waals surface area contributed by atoms with Gasteiger partial charge in [-0.2, -0.15) is 0 Å². The van der Waals surface area contributed by atoms with Gasteiger partial charge in [-0.3, -0.25) is 4.57 Å². The van der Waals surface area contributed by atoms with Crippen molar-refractivity contribution in [2.45, 2.75) is 25.7 Å². The zero-order chi connectivity index (χ0) is 31.4. The molecule has 0 spiro atoms. The maximum Gasteiger partial charge on any atom is 0.418 e. The third-order valence-electron chi connectivity index (χ3n) is 6.86.